The zero-order chi connectivity index (χ0) is 12.6. The molecular formula is C13H24N2S. The molecular weight excluding hydrogens is 216 g/mol. The molecule has 16 heavy (non-hydrogen) atoms. The van der Waals surface area contributed by atoms with Gasteiger partial charge < -0.3 is 0 Å². The number of rotatable bonds is 2. The maximum absolute atomic E-state index is 4.56. The predicted octanol–water partition coefficient (Wildman–Crippen LogP) is 3.86. The molecule has 0 saturated heterocycles. The summed E-state index contributed by atoms with van der Waals surface area (Å²) in [5.41, 5.74) is 1.82. The molecule has 0 aliphatic heterocycles. The molecule has 3 heteroatoms. The molecule has 0 amide bonds. The van der Waals surface area contributed by atoms with Crippen molar-refractivity contribution in [3.8, 4) is 0 Å². The molecule has 1 heterocycles. The molecule has 0 N–H and O–H groups in total. The Kier molecular flexibility index (Phi) is 3.78. The first-order chi connectivity index (χ1) is 7.09. The molecule has 0 bridgehead atoms. The van der Waals surface area contributed by atoms with Crippen LogP contribution >= 0.6 is 11.8 Å². The first-order valence-electron chi connectivity index (χ1n) is 5.77. The standard InChI is InChI=1S/C13H24N2S/c1-12(2,3)9-16-11-8-10(13(4,5)6)15(7)14-11/h8H,9H2,1-7H3. The SMILES string of the molecule is Cn1nc(SCC(C)(C)C)cc1C(C)(C)C. The predicted molar refractivity (Wildman–Crippen MR) is 72.1 cm³/mol. The van der Waals surface area contributed by atoms with Gasteiger partial charge in [0.2, 0.25) is 0 Å². The third-order valence-corrected chi connectivity index (χ3v) is 3.78. The molecule has 0 unspecified atom stereocenters. The van der Waals surface area contributed by atoms with Crippen LogP contribution in [0, 0.1) is 5.41 Å². The quantitative estimate of drug-likeness (QED) is 0.731. The lowest BCUT2D eigenvalue weighted by molar-refractivity contribution is 0.480. The van der Waals surface area contributed by atoms with E-state index in [2.05, 4.69) is 52.7 Å². The molecule has 0 saturated carbocycles. The number of hydrogen-bond acceptors (Lipinski definition) is 2. The summed E-state index contributed by atoms with van der Waals surface area (Å²) in [6, 6.07) is 2.22. The summed E-state index contributed by atoms with van der Waals surface area (Å²) < 4.78 is 2.00. The fourth-order valence-corrected chi connectivity index (χ4v) is 2.46. The van der Waals surface area contributed by atoms with E-state index in [9.17, 15) is 0 Å². The molecule has 1 aromatic rings. The summed E-state index contributed by atoms with van der Waals surface area (Å²) in [6.45, 7) is 13.4. The molecule has 0 fully saturated rings. The van der Waals surface area contributed by atoms with Crippen molar-refractivity contribution in [2.24, 2.45) is 12.5 Å². The van der Waals surface area contributed by atoms with Gasteiger partial charge >= 0.3 is 0 Å². The normalized spacial score (nSPS) is 13.2. The third-order valence-electron chi connectivity index (χ3n) is 2.28. The third kappa shape index (κ3) is 3.85. The number of hydrogen-bond donors (Lipinski definition) is 0. The van der Waals surface area contributed by atoms with Crippen LogP contribution < -0.4 is 0 Å². The van der Waals surface area contributed by atoms with Gasteiger partial charge in [-0.15, -0.1) is 11.8 Å². The van der Waals surface area contributed by atoms with Crippen LogP contribution in [-0.2, 0) is 12.5 Å². The minimum Gasteiger partial charge on any atom is -0.271 e. The highest BCUT2D eigenvalue weighted by Crippen LogP contribution is 2.29. The maximum Gasteiger partial charge on any atom is 0.118 e. The number of thioether (sulfide) groups is 1. The smallest absolute Gasteiger partial charge is 0.118 e. The molecule has 2 nitrogen and oxygen atoms in total. The van der Waals surface area contributed by atoms with Gasteiger partial charge in [-0.3, -0.25) is 4.68 Å². The Morgan fingerprint density at radius 2 is 1.75 bits per heavy atom. The minimum absolute atomic E-state index is 0.169. The maximum atomic E-state index is 4.56. The van der Waals surface area contributed by atoms with Gasteiger partial charge in [-0.1, -0.05) is 41.5 Å². The Labute approximate surface area is 104 Å². The Hall–Kier alpha value is -0.440. The molecule has 1 rings (SSSR count). The van der Waals surface area contributed by atoms with Crippen molar-refractivity contribution in [1.82, 2.24) is 9.78 Å². The second-order valence-electron chi connectivity index (χ2n) is 6.59. The number of nitrogens with zero attached hydrogens (tertiary/aromatic N) is 2. The van der Waals surface area contributed by atoms with Gasteiger partial charge in [0.25, 0.3) is 0 Å². The van der Waals surface area contributed by atoms with E-state index >= 15 is 0 Å². The highest BCUT2D eigenvalue weighted by atomic mass is 32.2. The van der Waals surface area contributed by atoms with Crippen molar-refractivity contribution in [2.45, 2.75) is 52.0 Å². The first-order valence-corrected chi connectivity index (χ1v) is 6.75. The summed E-state index contributed by atoms with van der Waals surface area (Å²) >= 11 is 1.85. The van der Waals surface area contributed by atoms with E-state index in [-0.39, 0.29) is 5.41 Å². The highest BCUT2D eigenvalue weighted by Gasteiger charge is 2.20. The van der Waals surface area contributed by atoms with Crippen molar-refractivity contribution < 1.29 is 0 Å². The van der Waals surface area contributed by atoms with Crippen molar-refractivity contribution in [1.29, 1.82) is 0 Å². The fraction of sp³-hybridized carbons (Fsp3) is 0.769. The molecule has 1 aromatic heterocycles. The van der Waals surface area contributed by atoms with Crippen molar-refractivity contribution in [3.63, 3.8) is 0 Å². The molecule has 0 spiro atoms. The average Bonchev–Trinajstić information content (AvgIpc) is 2.41. The highest BCUT2D eigenvalue weighted by molar-refractivity contribution is 7.99. The number of aryl methyl sites for hydroxylation is 1. The Morgan fingerprint density at radius 3 is 2.12 bits per heavy atom. The second kappa shape index (κ2) is 4.44. The Bertz CT molecular complexity index is 353. The van der Waals surface area contributed by atoms with Gasteiger partial charge in [-0.05, 0) is 11.5 Å². The summed E-state index contributed by atoms with van der Waals surface area (Å²) in [4.78, 5) is 0. The summed E-state index contributed by atoms with van der Waals surface area (Å²) in [5.74, 6) is 1.10. The van der Waals surface area contributed by atoms with Crippen LogP contribution in [-0.4, -0.2) is 15.5 Å². The van der Waals surface area contributed by atoms with Gasteiger partial charge in [-0.2, -0.15) is 5.10 Å². The van der Waals surface area contributed by atoms with Gasteiger partial charge in [0, 0.05) is 23.9 Å². The minimum atomic E-state index is 0.169. The average molecular weight is 240 g/mol. The van der Waals surface area contributed by atoms with Crippen molar-refractivity contribution in [2.75, 3.05) is 5.75 Å². The Balaban J connectivity index is 2.78. The first kappa shape index (κ1) is 13.6. The molecule has 92 valence electrons. The second-order valence-corrected chi connectivity index (χ2v) is 7.59. The van der Waals surface area contributed by atoms with Crippen LogP contribution in [0.3, 0.4) is 0 Å². The van der Waals surface area contributed by atoms with Gasteiger partial charge in [0.15, 0.2) is 0 Å². The van der Waals surface area contributed by atoms with Crippen molar-refractivity contribution >= 4 is 11.8 Å². The van der Waals surface area contributed by atoms with E-state index < -0.39 is 0 Å². The Morgan fingerprint density at radius 1 is 1.19 bits per heavy atom. The lowest BCUT2D eigenvalue weighted by Gasteiger charge is -2.17. The molecule has 0 aromatic carbocycles. The van der Waals surface area contributed by atoms with E-state index in [0.29, 0.717) is 5.41 Å². The van der Waals surface area contributed by atoms with Crippen LogP contribution in [0.1, 0.15) is 47.2 Å². The largest absolute Gasteiger partial charge is 0.271 e. The van der Waals surface area contributed by atoms with Crippen molar-refractivity contribution in [3.05, 3.63) is 11.8 Å². The van der Waals surface area contributed by atoms with E-state index in [0.717, 1.165) is 10.8 Å². The molecule has 0 aliphatic carbocycles. The number of aromatic nitrogens is 2. The zero-order valence-corrected chi connectivity index (χ0v) is 12.4. The summed E-state index contributed by atoms with van der Waals surface area (Å²) in [6.07, 6.45) is 0. The summed E-state index contributed by atoms with van der Waals surface area (Å²) in [7, 11) is 2.03. The topological polar surface area (TPSA) is 17.8 Å². The van der Waals surface area contributed by atoms with E-state index in [1.165, 1.54) is 5.69 Å². The van der Waals surface area contributed by atoms with Gasteiger partial charge in [-0.25, -0.2) is 0 Å². The zero-order valence-electron chi connectivity index (χ0n) is 11.6. The van der Waals surface area contributed by atoms with Crippen LogP contribution in [0.2, 0.25) is 0 Å². The monoisotopic (exact) mass is 240 g/mol. The molecule has 0 atom stereocenters. The van der Waals surface area contributed by atoms with Crippen LogP contribution in [0.25, 0.3) is 0 Å². The molecule has 0 radical (unpaired) electrons. The van der Waals surface area contributed by atoms with Crippen LogP contribution in [0.4, 0.5) is 0 Å². The van der Waals surface area contributed by atoms with E-state index in [1.807, 2.05) is 23.5 Å². The lowest BCUT2D eigenvalue weighted by Crippen LogP contribution is -2.16. The van der Waals surface area contributed by atoms with Gasteiger partial charge in [0.1, 0.15) is 5.03 Å². The fourth-order valence-electron chi connectivity index (χ4n) is 1.50. The van der Waals surface area contributed by atoms with Crippen LogP contribution in [0.5, 0.6) is 0 Å². The van der Waals surface area contributed by atoms with E-state index in [1.54, 1.807) is 0 Å². The van der Waals surface area contributed by atoms with Gasteiger partial charge in [0.05, 0.1) is 0 Å². The van der Waals surface area contributed by atoms with Crippen LogP contribution in [0.15, 0.2) is 11.1 Å². The molecule has 0 aliphatic rings. The summed E-state index contributed by atoms with van der Waals surface area (Å²) in [5, 5.41) is 5.70. The lowest BCUT2D eigenvalue weighted by atomic mass is 9.92. The van der Waals surface area contributed by atoms with E-state index in [4.69, 9.17) is 0 Å².